The number of carboxylic acid groups (broad SMARTS) is 1. The third-order valence-corrected chi connectivity index (χ3v) is 5.57. The summed E-state index contributed by atoms with van der Waals surface area (Å²) in [5.41, 5.74) is -1.30. The number of aromatic carboxylic acids is 1. The predicted molar refractivity (Wildman–Crippen MR) is 108 cm³/mol. The normalized spacial score (nSPS) is 17.4. The minimum atomic E-state index is -1.38. The van der Waals surface area contributed by atoms with Crippen molar-refractivity contribution in [3.8, 4) is 5.75 Å². The van der Waals surface area contributed by atoms with Gasteiger partial charge in [0.15, 0.2) is 5.69 Å². The Balaban J connectivity index is 1.59. The maximum absolute atomic E-state index is 12.9. The molecule has 3 heterocycles. The van der Waals surface area contributed by atoms with Gasteiger partial charge < -0.3 is 20.1 Å². The van der Waals surface area contributed by atoms with Gasteiger partial charge in [-0.1, -0.05) is 30.3 Å². The number of rotatable bonds is 5. The van der Waals surface area contributed by atoms with E-state index in [1.54, 1.807) is 17.0 Å². The van der Waals surface area contributed by atoms with Crippen LogP contribution >= 0.6 is 0 Å². The van der Waals surface area contributed by atoms with E-state index in [-0.39, 0.29) is 24.2 Å². The molecule has 3 amide bonds. The number of carbonyl (C=O) groups excluding carboxylic acids is 2. The molecule has 1 aromatic heterocycles. The number of imide groups is 1. The molecule has 4 rings (SSSR count). The van der Waals surface area contributed by atoms with E-state index in [0.29, 0.717) is 25.9 Å². The Labute approximate surface area is 176 Å². The van der Waals surface area contributed by atoms with Gasteiger partial charge >= 0.3 is 12.0 Å². The van der Waals surface area contributed by atoms with Gasteiger partial charge in [0.25, 0.3) is 11.5 Å². The van der Waals surface area contributed by atoms with E-state index in [1.165, 1.54) is 11.6 Å². The largest absolute Gasteiger partial charge is 0.481 e. The van der Waals surface area contributed by atoms with Crippen LogP contribution in [-0.2, 0) is 18.4 Å². The lowest BCUT2D eigenvalue weighted by Gasteiger charge is -2.37. The average molecular weight is 427 g/mol. The van der Waals surface area contributed by atoms with E-state index in [0.717, 1.165) is 5.56 Å². The van der Waals surface area contributed by atoms with Gasteiger partial charge in [-0.05, 0) is 18.4 Å². The standard InChI is InChI=1S/C20H21N5O6/c1-24-15(26)14(31-11-12-5-3-2-4-6-12)13(16(27)28)21-19(24)25-9-7-20(8-10-25)17(29)22-18(30)23-20/h2-6H,7-11H2,1H3,(H,27,28)(H2,22,23,29,30). The summed E-state index contributed by atoms with van der Waals surface area (Å²) >= 11 is 0. The van der Waals surface area contributed by atoms with Crippen LogP contribution in [0, 0.1) is 0 Å². The van der Waals surface area contributed by atoms with Crippen LogP contribution in [-0.4, -0.2) is 51.2 Å². The monoisotopic (exact) mass is 427 g/mol. The Morgan fingerprint density at radius 3 is 2.45 bits per heavy atom. The van der Waals surface area contributed by atoms with Crippen LogP contribution in [0.4, 0.5) is 10.7 Å². The Kier molecular flexibility index (Phi) is 5.09. The molecule has 0 radical (unpaired) electrons. The number of anilines is 1. The highest BCUT2D eigenvalue weighted by atomic mass is 16.5. The van der Waals surface area contributed by atoms with Crippen molar-refractivity contribution in [2.24, 2.45) is 7.05 Å². The molecular weight excluding hydrogens is 406 g/mol. The Hall–Kier alpha value is -3.89. The lowest BCUT2D eigenvalue weighted by atomic mass is 9.88. The van der Waals surface area contributed by atoms with E-state index in [4.69, 9.17) is 4.74 Å². The van der Waals surface area contributed by atoms with Crippen LogP contribution in [0.15, 0.2) is 35.1 Å². The highest BCUT2D eigenvalue weighted by Gasteiger charge is 2.48. The van der Waals surface area contributed by atoms with E-state index >= 15 is 0 Å². The second-order valence-corrected chi connectivity index (χ2v) is 7.51. The first kappa shape index (κ1) is 20.4. The molecule has 0 saturated carbocycles. The molecule has 2 saturated heterocycles. The average Bonchev–Trinajstić information content (AvgIpc) is 3.03. The van der Waals surface area contributed by atoms with Gasteiger partial charge in [0.2, 0.25) is 11.7 Å². The second-order valence-electron chi connectivity index (χ2n) is 7.51. The van der Waals surface area contributed by atoms with Gasteiger partial charge in [-0.15, -0.1) is 0 Å². The maximum Gasteiger partial charge on any atom is 0.358 e. The number of hydrogen-bond acceptors (Lipinski definition) is 7. The molecule has 2 aliphatic rings. The summed E-state index contributed by atoms with van der Waals surface area (Å²) in [6.07, 6.45) is 0.601. The minimum absolute atomic E-state index is 0.0262. The Bertz CT molecular complexity index is 1110. The fourth-order valence-corrected chi connectivity index (χ4v) is 3.83. The topological polar surface area (TPSA) is 143 Å². The summed E-state index contributed by atoms with van der Waals surface area (Å²) in [6.45, 7) is 0.632. The zero-order valence-corrected chi connectivity index (χ0v) is 16.8. The van der Waals surface area contributed by atoms with Crippen LogP contribution in [0.2, 0.25) is 0 Å². The van der Waals surface area contributed by atoms with E-state index in [9.17, 15) is 24.3 Å². The van der Waals surface area contributed by atoms with Gasteiger partial charge in [0.1, 0.15) is 12.1 Å². The predicted octanol–water partition coefficient (Wildman–Crippen LogP) is 0.236. The molecule has 162 valence electrons. The van der Waals surface area contributed by atoms with Crippen molar-refractivity contribution in [1.82, 2.24) is 20.2 Å². The molecule has 0 unspecified atom stereocenters. The van der Waals surface area contributed by atoms with Crippen LogP contribution in [0.25, 0.3) is 0 Å². The second kappa shape index (κ2) is 7.74. The number of hydrogen-bond donors (Lipinski definition) is 3. The Morgan fingerprint density at radius 1 is 1.19 bits per heavy atom. The third-order valence-electron chi connectivity index (χ3n) is 5.57. The van der Waals surface area contributed by atoms with Crippen molar-refractivity contribution >= 4 is 23.9 Å². The molecule has 2 fully saturated rings. The zero-order chi connectivity index (χ0) is 22.2. The quantitative estimate of drug-likeness (QED) is 0.576. The van der Waals surface area contributed by atoms with E-state index < -0.39 is 28.8 Å². The van der Waals surface area contributed by atoms with Gasteiger partial charge in [0.05, 0.1) is 0 Å². The van der Waals surface area contributed by atoms with Crippen molar-refractivity contribution in [1.29, 1.82) is 0 Å². The molecule has 2 aliphatic heterocycles. The van der Waals surface area contributed by atoms with Crippen LogP contribution < -0.4 is 25.8 Å². The van der Waals surface area contributed by atoms with Crippen molar-refractivity contribution < 1.29 is 24.2 Å². The fourth-order valence-electron chi connectivity index (χ4n) is 3.83. The number of ether oxygens (including phenoxy) is 1. The molecule has 11 heteroatoms. The first-order chi connectivity index (χ1) is 14.8. The summed E-state index contributed by atoms with van der Waals surface area (Å²) in [6, 6.07) is 8.53. The lowest BCUT2D eigenvalue weighted by Crippen LogP contribution is -2.55. The number of benzene rings is 1. The highest BCUT2D eigenvalue weighted by Crippen LogP contribution is 2.28. The molecule has 11 nitrogen and oxygen atoms in total. The van der Waals surface area contributed by atoms with Crippen molar-refractivity contribution in [2.45, 2.75) is 25.0 Å². The van der Waals surface area contributed by atoms with E-state index in [1.807, 2.05) is 18.2 Å². The minimum Gasteiger partial charge on any atom is -0.481 e. The number of nitrogens with one attached hydrogen (secondary N) is 2. The molecule has 2 aromatic rings. The molecule has 3 N–H and O–H groups in total. The number of nitrogens with zero attached hydrogens (tertiary/aromatic N) is 3. The van der Waals surface area contributed by atoms with Gasteiger partial charge in [-0.25, -0.2) is 14.6 Å². The maximum atomic E-state index is 12.9. The summed E-state index contributed by atoms with van der Waals surface area (Å²) in [5.74, 6) is -1.93. The first-order valence-electron chi connectivity index (χ1n) is 9.70. The fraction of sp³-hybridized carbons (Fsp3) is 0.350. The first-order valence-corrected chi connectivity index (χ1v) is 9.70. The Morgan fingerprint density at radius 2 is 1.87 bits per heavy atom. The van der Waals surface area contributed by atoms with Crippen molar-refractivity contribution in [3.05, 3.63) is 51.9 Å². The molecular formula is C20H21N5O6. The van der Waals surface area contributed by atoms with Gasteiger partial charge in [-0.2, -0.15) is 0 Å². The van der Waals surface area contributed by atoms with E-state index in [2.05, 4.69) is 15.6 Å². The lowest BCUT2D eigenvalue weighted by molar-refractivity contribution is -0.124. The number of carbonyl (C=O) groups is 3. The zero-order valence-electron chi connectivity index (χ0n) is 16.8. The molecule has 0 atom stereocenters. The number of amides is 3. The molecule has 1 aromatic carbocycles. The summed E-state index contributed by atoms with van der Waals surface area (Å²) in [4.78, 5) is 54.3. The summed E-state index contributed by atoms with van der Waals surface area (Å²) in [7, 11) is 1.49. The SMILES string of the molecule is Cn1c(N2CCC3(CC2)NC(=O)NC3=O)nc(C(=O)O)c(OCc2ccccc2)c1=O. The smallest absolute Gasteiger partial charge is 0.358 e. The molecule has 1 spiro atoms. The van der Waals surface area contributed by atoms with Gasteiger partial charge in [0, 0.05) is 20.1 Å². The number of piperidine rings is 1. The summed E-state index contributed by atoms with van der Waals surface area (Å²) < 4.78 is 6.78. The van der Waals surface area contributed by atoms with Crippen molar-refractivity contribution in [3.63, 3.8) is 0 Å². The number of carboxylic acids is 1. The van der Waals surface area contributed by atoms with Crippen LogP contribution in [0.3, 0.4) is 0 Å². The highest BCUT2D eigenvalue weighted by molar-refractivity contribution is 6.07. The molecule has 31 heavy (non-hydrogen) atoms. The van der Waals surface area contributed by atoms with Crippen LogP contribution in [0.5, 0.6) is 5.75 Å². The van der Waals surface area contributed by atoms with Crippen LogP contribution in [0.1, 0.15) is 28.9 Å². The van der Waals surface area contributed by atoms with Gasteiger partial charge in [-0.3, -0.25) is 19.5 Å². The molecule has 0 bridgehead atoms. The number of aromatic nitrogens is 2. The molecule has 0 aliphatic carbocycles. The third kappa shape index (κ3) is 3.69. The number of urea groups is 1. The van der Waals surface area contributed by atoms with Crippen molar-refractivity contribution in [2.75, 3.05) is 18.0 Å². The summed E-state index contributed by atoms with van der Waals surface area (Å²) in [5, 5.41) is 14.5.